The summed E-state index contributed by atoms with van der Waals surface area (Å²) < 4.78 is 7.35. The number of imidazole rings is 1. The van der Waals surface area contributed by atoms with Gasteiger partial charge in [-0.05, 0) is 48.9 Å². The highest BCUT2D eigenvalue weighted by Gasteiger charge is 2.07. The third-order valence-corrected chi connectivity index (χ3v) is 4.00. The summed E-state index contributed by atoms with van der Waals surface area (Å²) in [5, 5.41) is 5.51. The molecule has 2 aromatic carbocycles. The molecule has 0 aliphatic rings. The molecule has 2 N–H and O–H groups in total. The lowest BCUT2D eigenvalue weighted by Gasteiger charge is -2.09. The second-order valence-electron chi connectivity index (χ2n) is 6.15. The second kappa shape index (κ2) is 9.36. The van der Waals surface area contributed by atoms with Gasteiger partial charge in [0.1, 0.15) is 5.75 Å². The third kappa shape index (κ3) is 5.44. The monoisotopic (exact) mass is 378 g/mol. The summed E-state index contributed by atoms with van der Waals surface area (Å²) in [6.07, 6.45) is 5.38. The van der Waals surface area contributed by atoms with Gasteiger partial charge in [-0.15, -0.1) is 0 Å². The van der Waals surface area contributed by atoms with Crippen molar-refractivity contribution < 1.29 is 14.3 Å². The summed E-state index contributed by atoms with van der Waals surface area (Å²) >= 11 is 0. The third-order valence-electron chi connectivity index (χ3n) is 4.00. The molecular weight excluding hydrogens is 356 g/mol. The zero-order chi connectivity index (χ0) is 19.8. The molecule has 0 bridgehead atoms. The number of carbonyl (C=O) groups is 2. The average molecular weight is 378 g/mol. The van der Waals surface area contributed by atoms with Crippen molar-refractivity contribution in [3.8, 4) is 5.75 Å². The molecule has 144 valence electrons. The van der Waals surface area contributed by atoms with Gasteiger partial charge >= 0.3 is 0 Å². The molecule has 0 atom stereocenters. The standard InChI is InChI=1S/C21H22N4O3/c1-2-23-20(26)14-28-19-9-7-18(8-10-19)24-21(27)17-5-3-16(4-6-17)13-25-12-11-22-15-25/h3-12,15H,2,13-14H2,1H3,(H,23,26)(H,24,27). The maximum Gasteiger partial charge on any atom is 0.257 e. The summed E-state index contributed by atoms with van der Waals surface area (Å²) in [4.78, 5) is 27.8. The van der Waals surface area contributed by atoms with Crippen molar-refractivity contribution in [1.82, 2.24) is 14.9 Å². The van der Waals surface area contributed by atoms with Crippen molar-refractivity contribution in [2.24, 2.45) is 0 Å². The fourth-order valence-corrected chi connectivity index (χ4v) is 2.59. The number of ether oxygens (including phenoxy) is 1. The Balaban J connectivity index is 1.53. The quantitative estimate of drug-likeness (QED) is 0.631. The van der Waals surface area contributed by atoms with Gasteiger partial charge in [-0.3, -0.25) is 9.59 Å². The average Bonchev–Trinajstić information content (AvgIpc) is 3.21. The Bertz CT molecular complexity index is 904. The second-order valence-corrected chi connectivity index (χ2v) is 6.15. The maximum atomic E-state index is 12.4. The van der Waals surface area contributed by atoms with Gasteiger partial charge in [0.25, 0.3) is 11.8 Å². The zero-order valence-corrected chi connectivity index (χ0v) is 15.6. The molecular formula is C21H22N4O3. The van der Waals surface area contributed by atoms with E-state index >= 15 is 0 Å². The van der Waals surface area contributed by atoms with Crippen molar-refractivity contribution in [3.05, 3.63) is 78.4 Å². The van der Waals surface area contributed by atoms with E-state index in [4.69, 9.17) is 4.74 Å². The minimum absolute atomic E-state index is 0.0367. The Morgan fingerprint density at radius 2 is 1.82 bits per heavy atom. The lowest BCUT2D eigenvalue weighted by Crippen LogP contribution is -2.28. The summed E-state index contributed by atoms with van der Waals surface area (Å²) in [5.74, 6) is 0.203. The van der Waals surface area contributed by atoms with Crippen LogP contribution in [-0.2, 0) is 11.3 Å². The highest BCUT2D eigenvalue weighted by Crippen LogP contribution is 2.17. The Morgan fingerprint density at radius 3 is 2.46 bits per heavy atom. The van der Waals surface area contributed by atoms with E-state index in [0.717, 1.165) is 5.56 Å². The van der Waals surface area contributed by atoms with Crippen molar-refractivity contribution in [2.75, 3.05) is 18.5 Å². The van der Waals surface area contributed by atoms with E-state index in [9.17, 15) is 9.59 Å². The summed E-state index contributed by atoms with van der Waals surface area (Å²) in [5.41, 5.74) is 2.31. The molecule has 3 rings (SSSR count). The van der Waals surface area contributed by atoms with Gasteiger partial charge in [-0.25, -0.2) is 4.98 Å². The number of nitrogens with one attached hydrogen (secondary N) is 2. The maximum absolute atomic E-state index is 12.4. The molecule has 7 nitrogen and oxygen atoms in total. The summed E-state index contributed by atoms with van der Waals surface area (Å²) in [6, 6.07) is 14.3. The van der Waals surface area contributed by atoms with E-state index in [1.54, 1.807) is 48.9 Å². The fraction of sp³-hybridized carbons (Fsp3) is 0.190. The predicted octanol–water partition coefficient (Wildman–Crippen LogP) is 2.70. The first-order valence-electron chi connectivity index (χ1n) is 8.99. The minimum Gasteiger partial charge on any atom is -0.484 e. The van der Waals surface area contributed by atoms with Gasteiger partial charge in [0.05, 0.1) is 6.33 Å². The first-order valence-corrected chi connectivity index (χ1v) is 8.99. The van der Waals surface area contributed by atoms with Crippen LogP contribution in [0.5, 0.6) is 5.75 Å². The van der Waals surface area contributed by atoms with Crippen LogP contribution in [0.15, 0.2) is 67.3 Å². The molecule has 28 heavy (non-hydrogen) atoms. The Morgan fingerprint density at radius 1 is 1.07 bits per heavy atom. The molecule has 3 aromatic rings. The van der Waals surface area contributed by atoms with Crippen LogP contribution in [0.25, 0.3) is 0 Å². The van der Waals surface area contributed by atoms with Crippen LogP contribution in [0.3, 0.4) is 0 Å². The Kier molecular flexibility index (Phi) is 6.41. The lowest BCUT2D eigenvalue weighted by atomic mass is 10.1. The SMILES string of the molecule is CCNC(=O)COc1ccc(NC(=O)c2ccc(Cn3ccnc3)cc2)cc1. The molecule has 0 aliphatic heterocycles. The zero-order valence-electron chi connectivity index (χ0n) is 15.6. The van der Waals surface area contributed by atoms with Crippen molar-refractivity contribution in [2.45, 2.75) is 13.5 Å². The molecule has 0 saturated heterocycles. The number of benzene rings is 2. The van der Waals surface area contributed by atoms with E-state index in [-0.39, 0.29) is 18.4 Å². The molecule has 0 unspecified atom stereocenters. The number of nitrogens with zero attached hydrogens (tertiary/aromatic N) is 2. The number of hydrogen-bond donors (Lipinski definition) is 2. The van der Waals surface area contributed by atoms with E-state index < -0.39 is 0 Å². The van der Waals surface area contributed by atoms with E-state index in [1.807, 2.05) is 29.8 Å². The van der Waals surface area contributed by atoms with E-state index in [2.05, 4.69) is 15.6 Å². The van der Waals surface area contributed by atoms with Gasteiger partial charge in [-0.2, -0.15) is 0 Å². The molecule has 7 heteroatoms. The number of carbonyl (C=O) groups excluding carboxylic acids is 2. The van der Waals surface area contributed by atoms with Crippen molar-refractivity contribution >= 4 is 17.5 Å². The molecule has 0 aliphatic carbocycles. The van der Waals surface area contributed by atoms with Crippen molar-refractivity contribution in [1.29, 1.82) is 0 Å². The fourth-order valence-electron chi connectivity index (χ4n) is 2.59. The molecule has 1 aromatic heterocycles. The topological polar surface area (TPSA) is 85.3 Å². The minimum atomic E-state index is -0.190. The number of anilines is 1. The molecule has 0 saturated carbocycles. The Labute approximate surface area is 163 Å². The lowest BCUT2D eigenvalue weighted by molar-refractivity contribution is -0.122. The highest BCUT2D eigenvalue weighted by atomic mass is 16.5. The number of rotatable bonds is 8. The number of hydrogen-bond acceptors (Lipinski definition) is 4. The van der Waals surface area contributed by atoms with Gasteiger partial charge in [-0.1, -0.05) is 12.1 Å². The first-order chi connectivity index (χ1) is 13.6. The van der Waals surface area contributed by atoms with Gasteiger partial charge in [0.15, 0.2) is 6.61 Å². The van der Waals surface area contributed by atoms with Gasteiger partial charge in [0, 0.05) is 36.7 Å². The molecule has 1 heterocycles. The summed E-state index contributed by atoms with van der Waals surface area (Å²) in [6.45, 7) is 3.09. The smallest absolute Gasteiger partial charge is 0.257 e. The van der Waals surface area contributed by atoms with Crippen LogP contribution in [0.4, 0.5) is 5.69 Å². The van der Waals surface area contributed by atoms with Gasteiger partial charge in [0.2, 0.25) is 0 Å². The van der Waals surface area contributed by atoms with Crippen LogP contribution in [0, 0.1) is 0 Å². The molecule has 2 amide bonds. The largest absolute Gasteiger partial charge is 0.484 e. The first kappa shape index (κ1) is 19.2. The van der Waals surface area contributed by atoms with E-state index in [1.165, 1.54) is 0 Å². The highest BCUT2D eigenvalue weighted by molar-refractivity contribution is 6.04. The number of likely N-dealkylation sites (N-methyl/N-ethyl adjacent to an activating group) is 1. The predicted molar refractivity (Wildman–Crippen MR) is 106 cm³/mol. The molecule has 0 fully saturated rings. The Hall–Kier alpha value is -3.61. The van der Waals surface area contributed by atoms with Crippen LogP contribution >= 0.6 is 0 Å². The summed E-state index contributed by atoms with van der Waals surface area (Å²) in [7, 11) is 0. The molecule has 0 radical (unpaired) electrons. The number of amides is 2. The van der Waals surface area contributed by atoms with Gasteiger partial charge < -0.3 is 19.9 Å². The van der Waals surface area contributed by atoms with Crippen molar-refractivity contribution in [3.63, 3.8) is 0 Å². The normalized spacial score (nSPS) is 10.3. The van der Waals surface area contributed by atoms with Crippen LogP contribution in [0.1, 0.15) is 22.8 Å². The van der Waals surface area contributed by atoms with E-state index in [0.29, 0.717) is 30.1 Å². The number of aromatic nitrogens is 2. The van der Waals surface area contributed by atoms with Crippen LogP contribution in [0.2, 0.25) is 0 Å². The van der Waals surface area contributed by atoms with Crippen LogP contribution in [-0.4, -0.2) is 34.5 Å². The van der Waals surface area contributed by atoms with Crippen LogP contribution < -0.4 is 15.4 Å². The molecule has 0 spiro atoms.